The first-order valence-electron chi connectivity index (χ1n) is 15.5. The summed E-state index contributed by atoms with van der Waals surface area (Å²) in [5.74, 6) is 4.28. The number of benzene rings is 4. The molecule has 0 saturated heterocycles. The van der Waals surface area contributed by atoms with Crippen LogP contribution in [0.4, 0.5) is 0 Å². The van der Waals surface area contributed by atoms with Gasteiger partial charge in [-0.2, -0.15) is 5.26 Å². The van der Waals surface area contributed by atoms with Gasteiger partial charge < -0.3 is 0 Å². The van der Waals surface area contributed by atoms with Gasteiger partial charge in [-0.3, -0.25) is 0 Å². The van der Waals surface area contributed by atoms with E-state index in [1.54, 1.807) is 0 Å². The molecule has 0 amide bonds. The molecule has 2 bridgehead atoms. The van der Waals surface area contributed by atoms with Crippen molar-refractivity contribution in [2.75, 3.05) is 0 Å². The minimum absolute atomic E-state index is 0.283. The van der Waals surface area contributed by atoms with Crippen molar-refractivity contribution < 1.29 is 0 Å². The molecule has 2 saturated carbocycles. The number of nitriles is 1. The molecule has 5 aromatic rings. The first kappa shape index (κ1) is 27.2. The maximum atomic E-state index is 9.84. The van der Waals surface area contributed by atoms with Crippen LogP contribution in [0.15, 0.2) is 103 Å². The Hall–Kier alpha value is -4.62. The van der Waals surface area contributed by atoms with Crippen molar-refractivity contribution in [2.24, 2.45) is 17.8 Å². The number of hydrogen-bond donors (Lipinski definition) is 0. The highest BCUT2D eigenvalue weighted by molar-refractivity contribution is 5.84. The largest absolute Gasteiger partial charge is 0.208 e. The van der Waals surface area contributed by atoms with Gasteiger partial charge in [0.15, 0.2) is 17.5 Å². The van der Waals surface area contributed by atoms with E-state index in [1.807, 2.05) is 78.9 Å². The van der Waals surface area contributed by atoms with Gasteiger partial charge in [0, 0.05) is 22.3 Å². The summed E-state index contributed by atoms with van der Waals surface area (Å²) >= 11 is 0. The minimum Gasteiger partial charge on any atom is -0.208 e. The van der Waals surface area contributed by atoms with E-state index in [4.69, 9.17) is 15.0 Å². The average Bonchev–Trinajstić information content (AvgIpc) is 3.04. The molecular weight excluding hydrogens is 524 g/mol. The maximum absolute atomic E-state index is 9.84. The predicted octanol–water partition coefficient (Wildman–Crippen LogP) is 9.52. The molecule has 2 fully saturated rings. The summed E-state index contributed by atoms with van der Waals surface area (Å²) in [5.41, 5.74) is 6.97. The van der Waals surface area contributed by atoms with Crippen molar-refractivity contribution in [2.45, 2.75) is 51.4 Å². The van der Waals surface area contributed by atoms with E-state index in [0.717, 1.165) is 45.6 Å². The first-order chi connectivity index (χ1) is 21.0. The molecule has 43 heavy (non-hydrogen) atoms. The zero-order chi connectivity index (χ0) is 29.4. The fourth-order valence-electron chi connectivity index (χ4n) is 8.10. The Morgan fingerprint density at radius 2 is 1.12 bits per heavy atom. The SMILES string of the molecule is C[C@@H]1C[C@@H]2C[C@H](C)CC(c3ccc(-c4nc(-c5ccccc5)nc(-c5ccccc5-c5ccccc5C#N)n4)cc3)(C1)C2. The standard InChI is InChI=1S/C39H36N4/c1-26-20-28-21-27(2)23-39(22-26,24-28)32-18-16-30(17-19-32)37-41-36(29-10-4-3-5-11-29)42-38(43-37)35-15-9-8-14-34(35)33-13-7-6-12-31(33)25-40/h3-19,26-28H,20-24H2,1-2H3/t26-,27+,28-,39?. The Kier molecular flexibility index (Phi) is 7.11. The van der Waals surface area contributed by atoms with Gasteiger partial charge in [0.1, 0.15) is 0 Å². The molecule has 4 heteroatoms. The molecule has 7 rings (SSSR count). The minimum atomic E-state index is 0.283. The van der Waals surface area contributed by atoms with Crippen LogP contribution in [0, 0.1) is 29.1 Å². The molecule has 0 N–H and O–H groups in total. The Morgan fingerprint density at radius 1 is 0.581 bits per heavy atom. The quantitative estimate of drug-likeness (QED) is 0.215. The number of aromatic nitrogens is 3. The summed E-state index contributed by atoms with van der Waals surface area (Å²) in [6, 6.07) is 37.3. The number of fused-ring (bicyclic) bond motifs is 2. The van der Waals surface area contributed by atoms with Gasteiger partial charge in [0.05, 0.1) is 11.6 Å². The van der Waals surface area contributed by atoms with Crippen molar-refractivity contribution in [1.29, 1.82) is 5.26 Å². The van der Waals surface area contributed by atoms with Gasteiger partial charge in [0.2, 0.25) is 0 Å². The zero-order valence-electron chi connectivity index (χ0n) is 24.9. The lowest BCUT2D eigenvalue weighted by Crippen LogP contribution is -2.42. The molecular formula is C39H36N4. The third-order valence-corrected chi connectivity index (χ3v) is 9.56. The summed E-state index contributed by atoms with van der Waals surface area (Å²) in [7, 11) is 0. The van der Waals surface area contributed by atoms with Crippen LogP contribution in [0.5, 0.6) is 0 Å². The Balaban J connectivity index is 1.34. The van der Waals surface area contributed by atoms with E-state index in [2.05, 4.69) is 44.2 Å². The average molecular weight is 561 g/mol. The lowest BCUT2D eigenvalue weighted by Gasteiger charge is -2.50. The molecule has 1 unspecified atom stereocenters. The Bertz CT molecular complexity index is 1780. The van der Waals surface area contributed by atoms with Gasteiger partial charge in [0.25, 0.3) is 0 Å². The first-order valence-corrected chi connectivity index (χ1v) is 15.5. The van der Waals surface area contributed by atoms with E-state index in [-0.39, 0.29) is 5.41 Å². The van der Waals surface area contributed by atoms with Gasteiger partial charge in [-0.25, -0.2) is 15.0 Å². The second kappa shape index (κ2) is 11.2. The Labute approximate surface area is 254 Å². The molecule has 1 aromatic heterocycles. The third kappa shape index (κ3) is 5.25. The van der Waals surface area contributed by atoms with Crippen LogP contribution in [-0.2, 0) is 5.41 Å². The summed E-state index contributed by atoms with van der Waals surface area (Å²) in [4.78, 5) is 15.0. The fourth-order valence-corrected chi connectivity index (χ4v) is 8.10. The fraction of sp³-hybridized carbons (Fsp3) is 0.282. The molecule has 2 aliphatic rings. The lowest BCUT2D eigenvalue weighted by molar-refractivity contribution is 0.0780. The number of nitrogens with zero attached hydrogens (tertiary/aromatic N) is 4. The molecule has 212 valence electrons. The van der Waals surface area contributed by atoms with Crippen molar-refractivity contribution in [1.82, 2.24) is 15.0 Å². The van der Waals surface area contributed by atoms with Gasteiger partial charge in [-0.15, -0.1) is 0 Å². The normalized spacial score (nSPS) is 23.0. The van der Waals surface area contributed by atoms with Gasteiger partial charge in [-0.1, -0.05) is 111 Å². The van der Waals surface area contributed by atoms with E-state index >= 15 is 0 Å². The van der Waals surface area contributed by atoms with Crippen molar-refractivity contribution in [3.8, 4) is 51.4 Å². The molecule has 4 aromatic carbocycles. The predicted molar refractivity (Wildman–Crippen MR) is 173 cm³/mol. The molecule has 0 radical (unpaired) electrons. The van der Waals surface area contributed by atoms with Gasteiger partial charge in [-0.05, 0) is 72.5 Å². The van der Waals surface area contributed by atoms with E-state index < -0.39 is 0 Å². The van der Waals surface area contributed by atoms with E-state index in [0.29, 0.717) is 23.0 Å². The van der Waals surface area contributed by atoms with Crippen LogP contribution in [-0.4, -0.2) is 15.0 Å². The monoisotopic (exact) mass is 560 g/mol. The van der Waals surface area contributed by atoms with Crippen molar-refractivity contribution in [3.63, 3.8) is 0 Å². The van der Waals surface area contributed by atoms with Crippen LogP contribution >= 0.6 is 0 Å². The topological polar surface area (TPSA) is 62.5 Å². The van der Waals surface area contributed by atoms with E-state index in [1.165, 1.54) is 37.7 Å². The summed E-state index contributed by atoms with van der Waals surface area (Å²) < 4.78 is 0. The molecule has 0 spiro atoms. The molecule has 1 heterocycles. The van der Waals surface area contributed by atoms with Crippen LogP contribution in [0.3, 0.4) is 0 Å². The van der Waals surface area contributed by atoms with Crippen LogP contribution in [0.1, 0.15) is 57.1 Å². The summed E-state index contributed by atoms with van der Waals surface area (Å²) in [5, 5.41) is 9.84. The van der Waals surface area contributed by atoms with Crippen LogP contribution < -0.4 is 0 Å². The molecule has 2 aliphatic carbocycles. The second-order valence-electron chi connectivity index (χ2n) is 12.9. The molecule has 4 nitrogen and oxygen atoms in total. The highest BCUT2D eigenvalue weighted by Crippen LogP contribution is 2.54. The second-order valence-corrected chi connectivity index (χ2v) is 12.9. The summed E-state index contributed by atoms with van der Waals surface area (Å²) in [6.07, 6.45) is 6.63. The zero-order valence-corrected chi connectivity index (χ0v) is 24.9. The highest BCUT2D eigenvalue weighted by atomic mass is 15.0. The maximum Gasteiger partial charge on any atom is 0.164 e. The molecule has 4 atom stereocenters. The van der Waals surface area contributed by atoms with Crippen LogP contribution in [0.2, 0.25) is 0 Å². The third-order valence-electron chi connectivity index (χ3n) is 9.56. The molecule has 0 aliphatic heterocycles. The van der Waals surface area contributed by atoms with E-state index in [9.17, 15) is 5.26 Å². The van der Waals surface area contributed by atoms with Crippen molar-refractivity contribution >= 4 is 0 Å². The highest BCUT2D eigenvalue weighted by Gasteiger charge is 2.45. The number of hydrogen-bond acceptors (Lipinski definition) is 4. The lowest BCUT2D eigenvalue weighted by atomic mass is 9.54. The van der Waals surface area contributed by atoms with Crippen molar-refractivity contribution in [3.05, 3.63) is 114 Å². The number of rotatable bonds is 5. The Morgan fingerprint density at radius 3 is 1.77 bits per heavy atom. The summed E-state index contributed by atoms with van der Waals surface area (Å²) in [6.45, 7) is 4.88. The van der Waals surface area contributed by atoms with Gasteiger partial charge >= 0.3 is 0 Å². The van der Waals surface area contributed by atoms with Crippen LogP contribution in [0.25, 0.3) is 45.3 Å². The smallest absolute Gasteiger partial charge is 0.164 e.